The molecule has 0 aliphatic carbocycles. The third-order valence-electron chi connectivity index (χ3n) is 3.46. The van der Waals surface area contributed by atoms with Crippen molar-refractivity contribution in [2.75, 3.05) is 0 Å². The van der Waals surface area contributed by atoms with Gasteiger partial charge in [-0.3, -0.25) is 20.0 Å². The first-order valence-electron chi connectivity index (χ1n) is 7.56. The van der Waals surface area contributed by atoms with Gasteiger partial charge in [0.2, 0.25) is 0 Å². The van der Waals surface area contributed by atoms with Crippen molar-refractivity contribution in [1.29, 1.82) is 0 Å². The predicted molar refractivity (Wildman–Crippen MR) is 102 cm³/mol. The van der Waals surface area contributed by atoms with E-state index in [0.717, 1.165) is 4.68 Å². The summed E-state index contributed by atoms with van der Waals surface area (Å²) >= 11 is 11.5. The molecule has 9 nitrogen and oxygen atoms in total. The van der Waals surface area contributed by atoms with Gasteiger partial charge in [-0.2, -0.15) is 9.78 Å². The highest BCUT2D eigenvalue weighted by atomic mass is 35.5. The van der Waals surface area contributed by atoms with E-state index in [0.29, 0.717) is 0 Å². The van der Waals surface area contributed by atoms with E-state index in [-0.39, 0.29) is 26.3 Å². The monoisotopic (exact) mass is 439 g/mol. The van der Waals surface area contributed by atoms with Gasteiger partial charge in [-0.25, -0.2) is 8.42 Å². The molecule has 3 rings (SSSR count). The number of hydrogen-bond donors (Lipinski definition) is 2. The smallest absolute Gasteiger partial charge is 0.272 e. The van der Waals surface area contributed by atoms with Crippen LogP contribution in [-0.2, 0) is 10.0 Å². The summed E-state index contributed by atoms with van der Waals surface area (Å²) in [6.07, 6.45) is 2.60. The number of benzene rings is 1. The third-order valence-corrected chi connectivity index (χ3v) is 5.48. The van der Waals surface area contributed by atoms with E-state index in [2.05, 4.69) is 15.5 Å². The number of nitrogens with zero attached hydrogens (tertiary/aromatic N) is 3. The summed E-state index contributed by atoms with van der Waals surface area (Å²) in [6, 6.07) is 9.83. The van der Waals surface area contributed by atoms with Crippen LogP contribution in [0.4, 0.5) is 0 Å². The molecule has 0 aliphatic heterocycles. The van der Waals surface area contributed by atoms with Gasteiger partial charge in [0.25, 0.3) is 21.5 Å². The number of carbonyl (C=O) groups is 1. The van der Waals surface area contributed by atoms with E-state index in [4.69, 9.17) is 23.2 Å². The molecule has 1 amide bonds. The molecule has 0 aliphatic rings. The zero-order valence-corrected chi connectivity index (χ0v) is 16.2. The second-order valence-corrected chi connectivity index (χ2v) is 7.76. The molecule has 2 aromatic heterocycles. The Morgan fingerprint density at radius 2 is 1.79 bits per heavy atom. The number of carbonyl (C=O) groups excluding carboxylic acids is 1. The van der Waals surface area contributed by atoms with Crippen molar-refractivity contribution in [2.45, 2.75) is 4.90 Å². The number of aromatic nitrogens is 3. The number of sulfonamides is 1. The summed E-state index contributed by atoms with van der Waals surface area (Å²) in [5, 5.41) is 3.66. The van der Waals surface area contributed by atoms with E-state index in [9.17, 15) is 18.0 Å². The number of pyridine rings is 1. The Labute approximate surface area is 169 Å². The number of halogens is 2. The average molecular weight is 440 g/mol. The molecule has 144 valence electrons. The third kappa shape index (κ3) is 4.20. The average Bonchev–Trinajstić information content (AvgIpc) is 2.71. The molecule has 28 heavy (non-hydrogen) atoms. The van der Waals surface area contributed by atoms with Crippen LogP contribution in [0.5, 0.6) is 0 Å². The molecule has 2 heterocycles. The molecule has 1 aromatic carbocycles. The first-order valence-corrected chi connectivity index (χ1v) is 9.80. The topological polar surface area (TPSA) is 123 Å². The zero-order chi connectivity index (χ0) is 20.3. The van der Waals surface area contributed by atoms with E-state index in [1.807, 2.05) is 4.83 Å². The van der Waals surface area contributed by atoms with Crippen molar-refractivity contribution in [3.8, 4) is 5.69 Å². The Balaban J connectivity index is 1.78. The quantitative estimate of drug-likeness (QED) is 0.581. The van der Waals surface area contributed by atoms with Crippen molar-refractivity contribution in [1.82, 2.24) is 25.0 Å². The van der Waals surface area contributed by atoms with Crippen LogP contribution in [-0.4, -0.2) is 29.1 Å². The molecular weight excluding hydrogens is 429 g/mol. The lowest BCUT2D eigenvalue weighted by atomic mass is 10.3. The minimum Gasteiger partial charge on any atom is -0.272 e. The molecule has 12 heteroatoms. The lowest BCUT2D eigenvalue weighted by Gasteiger charge is -2.09. The predicted octanol–water partition coefficient (Wildman–Crippen LogP) is 1.56. The Morgan fingerprint density at radius 3 is 2.43 bits per heavy atom. The van der Waals surface area contributed by atoms with Crippen LogP contribution in [0.2, 0.25) is 10.0 Å². The van der Waals surface area contributed by atoms with Crippen molar-refractivity contribution in [2.24, 2.45) is 0 Å². The van der Waals surface area contributed by atoms with Gasteiger partial charge in [0.05, 0.1) is 21.8 Å². The van der Waals surface area contributed by atoms with Crippen LogP contribution in [0.25, 0.3) is 5.69 Å². The molecule has 0 unspecified atom stereocenters. The second kappa shape index (κ2) is 8.07. The van der Waals surface area contributed by atoms with Gasteiger partial charge >= 0.3 is 0 Å². The number of nitrogens with one attached hydrogen (secondary N) is 2. The fraction of sp³-hybridized carbons (Fsp3) is 0. The summed E-state index contributed by atoms with van der Waals surface area (Å²) < 4.78 is 25.6. The largest absolute Gasteiger partial charge is 0.291 e. The number of hydrazine groups is 1. The van der Waals surface area contributed by atoms with Crippen molar-refractivity contribution in [3.05, 3.63) is 81.0 Å². The van der Waals surface area contributed by atoms with Gasteiger partial charge in [-0.1, -0.05) is 29.3 Å². The molecule has 3 aromatic rings. The maximum absolute atomic E-state index is 12.3. The van der Waals surface area contributed by atoms with Crippen LogP contribution < -0.4 is 15.8 Å². The summed E-state index contributed by atoms with van der Waals surface area (Å²) in [6.45, 7) is 0. The molecule has 0 saturated carbocycles. The maximum atomic E-state index is 12.3. The highest BCUT2D eigenvalue weighted by Gasteiger charge is 2.17. The first kappa shape index (κ1) is 20.0. The Morgan fingerprint density at radius 1 is 1.07 bits per heavy atom. The molecular formula is C16H11Cl2N5O4S. The van der Waals surface area contributed by atoms with E-state index in [1.165, 1.54) is 42.7 Å². The van der Waals surface area contributed by atoms with Gasteiger partial charge in [0.1, 0.15) is 10.7 Å². The van der Waals surface area contributed by atoms with E-state index < -0.39 is 21.5 Å². The Hall–Kier alpha value is -2.79. The highest BCUT2D eigenvalue weighted by molar-refractivity contribution is 7.89. The summed E-state index contributed by atoms with van der Waals surface area (Å²) in [5.41, 5.74) is 1.74. The molecule has 0 spiro atoms. The van der Waals surface area contributed by atoms with Gasteiger partial charge in [-0.15, -0.1) is 4.83 Å². The van der Waals surface area contributed by atoms with Crippen molar-refractivity contribution < 1.29 is 13.2 Å². The lowest BCUT2D eigenvalue weighted by Crippen LogP contribution is -2.41. The Kier molecular flexibility index (Phi) is 5.75. The van der Waals surface area contributed by atoms with Crippen LogP contribution in [0, 0.1) is 0 Å². The second-order valence-electron chi connectivity index (χ2n) is 5.29. The first-order chi connectivity index (χ1) is 13.3. The van der Waals surface area contributed by atoms with Gasteiger partial charge in [0, 0.05) is 6.20 Å². The zero-order valence-electron chi connectivity index (χ0n) is 13.8. The SMILES string of the molecule is O=C(NNS(=O)(=O)c1ccc(-n2ncc(Cl)c(Cl)c2=O)cc1)c1ccccn1. The minimum atomic E-state index is -4.05. The summed E-state index contributed by atoms with van der Waals surface area (Å²) in [5.74, 6) is -0.715. The molecule has 0 bridgehead atoms. The summed E-state index contributed by atoms with van der Waals surface area (Å²) in [7, 11) is -4.05. The fourth-order valence-corrected chi connectivity index (χ4v) is 3.19. The van der Waals surface area contributed by atoms with Crippen LogP contribution in [0.3, 0.4) is 0 Å². The number of amides is 1. The molecule has 2 N–H and O–H groups in total. The van der Waals surface area contributed by atoms with Crippen LogP contribution in [0.15, 0.2) is 64.5 Å². The van der Waals surface area contributed by atoms with Gasteiger partial charge < -0.3 is 0 Å². The fourth-order valence-electron chi connectivity index (χ4n) is 2.10. The Bertz CT molecular complexity index is 1180. The summed E-state index contributed by atoms with van der Waals surface area (Å²) in [4.78, 5) is 29.6. The number of hydrogen-bond acceptors (Lipinski definition) is 6. The maximum Gasteiger partial charge on any atom is 0.291 e. The molecule has 0 saturated heterocycles. The van der Waals surface area contributed by atoms with Gasteiger partial charge in [0.15, 0.2) is 0 Å². The van der Waals surface area contributed by atoms with Crippen LogP contribution in [0.1, 0.15) is 10.5 Å². The van der Waals surface area contributed by atoms with Gasteiger partial charge in [-0.05, 0) is 36.4 Å². The normalized spacial score (nSPS) is 11.2. The lowest BCUT2D eigenvalue weighted by molar-refractivity contribution is 0.0940. The molecule has 0 radical (unpaired) electrons. The van der Waals surface area contributed by atoms with Crippen molar-refractivity contribution >= 4 is 39.1 Å². The van der Waals surface area contributed by atoms with E-state index >= 15 is 0 Å². The standard InChI is InChI=1S/C16H11Cl2N5O4S/c17-12-9-20-23(16(25)14(12)18)10-4-6-11(7-5-10)28(26,27)22-21-15(24)13-3-1-2-8-19-13/h1-9,22H,(H,21,24). The van der Waals surface area contributed by atoms with E-state index in [1.54, 1.807) is 12.1 Å². The van der Waals surface area contributed by atoms with Crippen LogP contribution >= 0.6 is 23.2 Å². The molecule has 0 atom stereocenters. The van der Waals surface area contributed by atoms with Crippen molar-refractivity contribution in [3.63, 3.8) is 0 Å². The minimum absolute atomic E-state index is 0.00922. The number of rotatable bonds is 5. The molecule has 0 fully saturated rings. The highest BCUT2D eigenvalue weighted by Crippen LogP contribution is 2.17.